The van der Waals surface area contributed by atoms with Crippen molar-refractivity contribution >= 4 is 29.2 Å². The van der Waals surface area contributed by atoms with Crippen LogP contribution < -0.4 is 5.32 Å². The van der Waals surface area contributed by atoms with Gasteiger partial charge in [0.1, 0.15) is 0 Å². The van der Waals surface area contributed by atoms with E-state index in [0.717, 1.165) is 11.1 Å². The number of urea groups is 1. The molecule has 4 amide bonds. The van der Waals surface area contributed by atoms with Crippen LogP contribution in [0.25, 0.3) is 11.1 Å². The van der Waals surface area contributed by atoms with E-state index in [2.05, 4.69) is 10.7 Å². The molecule has 0 radical (unpaired) electrons. The minimum atomic E-state index is -0.364. The predicted octanol–water partition coefficient (Wildman–Crippen LogP) is 1.79. The first-order valence-electron chi connectivity index (χ1n) is 7.65. The first-order valence-corrected chi connectivity index (χ1v) is 8.59. The largest absolute Gasteiger partial charge is 0.334 e. The summed E-state index contributed by atoms with van der Waals surface area (Å²) >= 11 is 1.64. The second-order valence-corrected chi connectivity index (χ2v) is 6.66. The molecule has 1 N–H and O–H groups in total. The van der Waals surface area contributed by atoms with E-state index in [1.165, 1.54) is 4.90 Å². The molecule has 2 saturated heterocycles. The van der Waals surface area contributed by atoms with Gasteiger partial charge in [0.2, 0.25) is 5.91 Å². The van der Waals surface area contributed by atoms with E-state index in [9.17, 15) is 14.4 Å². The van der Waals surface area contributed by atoms with Crippen molar-refractivity contribution in [3.63, 3.8) is 0 Å². The van der Waals surface area contributed by atoms with Crippen molar-refractivity contribution < 1.29 is 14.4 Å². The molecule has 0 saturated carbocycles. The third-order valence-corrected chi connectivity index (χ3v) is 5.06. The van der Waals surface area contributed by atoms with Crippen LogP contribution in [0.5, 0.6) is 0 Å². The number of carbonyl (C=O) groups excluding carboxylic acids is 3. The number of carbonyl (C=O) groups is 3. The Labute approximate surface area is 142 Å². The zero-order chi connectivity index (χ0) is 16.7. The quantitative estimate of drug-likeness (QED) is 0.866. The van der Waals surface area contributed by atoms with Crippen LogP contribution >= 0.6 is 11.3 Å². The van der Waals surface area contributed by atoms with E-state index < -0.39 is 0 Å². The molecule has 24 heavy (non-hydrogen) atoms. The summed E-state index contributed by atoms with van der Waals surface area (Å²) < 4.78 is 0. The van der Waals surface area contributed by atoms with Gasteiger partial charge in [-0.25, -0.2) is 4.79 Å². The molecule has 2 aromatic rings. The van der Waals surface area contributed by atoms with E-state index >= 15 is 0 Å². The Morgan fingerprint density at radius 1 is 1.08 bits per heavy atom. The molecule has 4 rings (SSSR count). The Bertz CT molecular complexity index is 779. The fourth-order valence-electron chi connectivity index (χ4n) is 3.01. The van der Waals surface area contributed by atoms with Gasteiger partial charge in [0.05, 0.1) is 12.6 Å². The van der Waals surface area contributed by atoms with Crippen molar-refractivity contribution in [1.29, 1.82) is 0 Å². The molecule has 7 heteroatoms. The van der Waals surface area contributed by atoms with Crippen LogP contribution in [-0.4, -0.2) is 53.3 Å². The van der Waals surface area contributed by atoms with Crippen LogP contribution in [0.4, 0.5) is 4.79 Å². The van der Waals surface area contributed by atoms with E-state index in [1.54, 1.807) is 16.2 Å². The standard InChI is InChI=1S/C17H15N3O3S/c21-15-7-18-17(23)20(15)14-8-19(9-14)16(22)12-3-1-11(2-4-12)13-5-6-24-10-13/h1-6,10,14H,7-9H2,(H,18,23). The Hall–Kier alpha value is -2.67. The highest BCUT2D eigenvalue weighted by atomic mass is 32.1. The highest BCUT2D eigenvalue weighted by molar-refractivity contribution is 7.08. The number of amides is 4. The van der Waals surface area contributed by atoms with Crippen LogP contribution in [0.1, 0.15) is 10.4 Å². The Balaban J connectivity index is 1.41. The molecule has 2 aliphatic heterocycles. The summed E-state index contributed by atoms with van der Waals surface area (Å²) in [6.45, 7) is 0.835. The van der Waals surface area contributed by atoms with Crippen molar-refractivity contribution in [1.82, 2.24) is 15.1 Å². The number of hydrogen-bond acceptors (Lipinski definition) is 4. The first-order chi connectivity index (χ1) is 11.6. The summed E-state index contributed by atoms with van der Waals surface area (Å²) in [5.41, 5.74) is 2.83. The minimum Gasteiger partial charge on any atom is -0.334 e. The van der Waals surface area contributed by atoms with Crippen LogP contribution in [0.3, 0.4) is 0 Å². The van der Waals surface area contributed by atoms with Gasteiger partial charge in [0, 0.05) is 18.7 Å². The molecular weight excluding hydrogens is 326 g/mol. The lowest BCUT2D eigenvalue weighted by Gasteiger charge is -2.42. The molecule has 0 atom stereocenters. The highest BCUT2D eigenvalue weighted by Gasteiger charge is 2.42. The van der Waals surface area contributed by atoms with Gasteiger partial charge in [-0.3, -0.25) is 14.5 Å². The molecule has 2 fully saturated rings. The zero-order valence-corrected chi connectivity index (χ0v) is 13.6. The van der Waals surface area contributed by atoms with Gasteiger partial charge in [-0.1, -0.05) is 12.1 Å². The van der Waals surface area contributed by atoms with Crippen molar-refractivity contribution in [3.05, 3.63) is 46.7 Å². The lowest BCUT2D eigenvalue weighted by Crippen LogP contribution is -2.62. The Kier molecular flexibility index (Phi) is 3.57. The monoisotopic (exact) mass is 341 g/mol. The molecule has 1 aromatic heterocycles. The minimum absolute atomic E-state index is 0.0489. The van der Waals surface area contributed by atoms with Crippen molar-refractivity contribution in [3.8, 4) is 11.1 Å². The number of nitrogens with one attached hydrogen (secondary N) is 1. The average molecular weight is 341 g/mol. The van der Waals surface area contributed by atoms with Gasteiger partial charge in [-0.15, -0.1) is 0 Å². The second kappa shape index (κ2) is 5.76. The maximum Gasteiger partial charge on any atom is 0.324 e. The van der Waals surface area contributed by atoms with Gasteiger partial charge in [0.15, 0.2) is 0 Å². The molecule has 0 unspecified atom stereocenters. The number of thiophene rings is 1. The molecule has 2 aliphatic rings. The highest BCUT2D eigenvalue weighted by Crippen LogP contribution is 2.24. The summed E-state index contributed by atoms with van der Waals surface area (Å²) in [7, 11) is 0. The van der Waals surface area contributed by atoms with Gasteiger partial charge in [-0.2, -0.15) is 11.3 Å². The predicted molar refractivity (Wildman–Crippen MR) is 89.7 cm³/mol. The molecule has 6 nitrogen and oxygen atoms in total. The third-order valence-electron chi connectivity index (χ3n) is 4.38. The molecule has 0 spiro atoms. The van der Waals surface area contributed by atoms with Gasteiger partial charge in [0.25, 0.3) is 5.91 Å². The third kappa shape index (κ3) is 2.46. The SMILES string of the molecule is O=C(c1ccc(-c2ccsc2)cc1)N1CC(N2C(=O)CNC2=O)C1. The fraction of sp³-hybridized carbons (Fsp3) is 0.235. The number of likely N-dealkylation sites (tertiary alicyclic amines) is 1. The Morgan fingerprint density at radius 3 is 2.42 bits per heavy atom. The van der Waals surface area contributed by atoms with Crippen LogP contribution in [0, 0.1) is 0 Å². The van der Waals surface area contributed by atoms with Gasteiger partial charge >= 0.3 is 6.03 Å². The number of benzene rings is 1. The number of imide groups is 1. The van der Waals surface area contributed by atoms with E-state index in [4.69, 9.17) is 0 Å². The van der Waals surface area contributed by atoms with Crippen molar-refractivity contribution in [2.45, 2.75) is 6.04 Å². The molecule has 1 aromatic carbocycles. The molecular formula is C17H15N3O3S. The first kappa shape index (κ1) is 14.9. The van der Waals surface area contributed by atoms with Crippen LogP contribution in [-0.2, 0) is 4.79 Å². The van der Waals surface area contributed by atoms with E-state index in [1.807, 2.05) is 35.7 Å². The smallest absolute Gasteiger partial charge is 0.324 e. The fourth-order valence-corrected chi connectivity index (χ4v) is 3.67. The van der Waals surface area contributed by atoms with Gasteiger partial charge in [-0.05, 0) is 40.1 Å². The molecule has 3 heterocycles. The maximum absolute atomic E-state index is 12.5. The number of hydrogen-bond donors (Lipinski definition) is 1. The lowest BCUT2D eigenvalue weighted by molar-refractivity contribution is -0.128. The number of nitrogens with zero attached hydrogens (tertiary/aromatic N) is 2. The summed E-state index contributed by atoms with van der Waals surface area (Å²) in [5, 5.41) is 6.58. The number of rotatable bonds is 3. The van der Waals surface area contributed by atoms with Crippen LogP contribution in [0.15, 0.2) is 41.1 Å². The Morgan fingerprint density at radius 2 is 1.83 bits per heavy atom. The molecule has 0 bridgehead atoms. The summed E-state index contributed by atoms with van der Waals surface area (Å²) in [4.78, 5) is 38.6. The second-order valence-electron chi connectivity index (χ2n) is 5.88. The van der Waals surface area contributed by atoms with Gasteiger partial charge < -0.3 is 10.2 Å². The zero-order valence-electron chi connectivity index (χ0n) is 12.8. The average Bonchev–Trinajstić information content (AvgIpc) is 3.19. The summed E-state index contributed by atoms with van der Waals surface area (Å²) in [6.07, 6.45) is 0. The van der Waals surface area contributed by atoms with Crippen molar-refractivity contribution in [2.24, 2.45) is 0 Å². The summed E-state index contributed by atoms with van der Waals surface area (Å²) in [5.74, 6) is -0.299. The van der Waals surface area contributed by atoms with E-state index in [0.29, 0.717) is 18.7 Å². The lowest BCUT2D eigenvalue weighted by atomic mass is 10.0. The normalized spacial score (nSPS) is 17.8. The maximum atomic E-state index is 12.5. The van der Waals surface area contributed by atoms with Crippen molar-refractivity contribution in [2.75, 3.05) is 19.6 Å². The summed E-state index contributed by atoms with van der Waals surface area (Å²) in [6, 6.07) is 8.96. The molecule has 0 aliphatic carbocycles. The molecule has 122 valence electrons. The topological polar surface area (TPSA) is 69.7 Å². The van der Waals surface area contributed by atoms with Crippen LogP contribution in [0.2, 0.25) is 0 Å². The van der Waals surface area contributed by atoms with E-state index in [-0.39, 0.29) is 30.4 Å².